The van der Waals surface area contributed by atoms with Crippen LogP contribution in [0.4, 0.5) is 0 Å². The Morgan fingerprint density at radius 1 is 1.62 bits per heavy atom. The second-order valence-electron chi connectivity index (χ2n) is 1.22. The van der Waals surface area contributed by atoms with E-state index in [-0.39, 0.29) is 29.6 Å². The van der Waals surface area contributed by atoms with Gasteiger partial charge in [-0.1, -0.05) is 0 Å². The fraction of sp³-hybridized carbons (Fsp3) is 1.00. The van der Waals surface area contributed by atoms with Crippen LogP contribution in [0.1, 0.15) is 6.92 Å². The Morgan fingerprint density at radius 2 is 1.75 bits per heavy atom. The number of hydrogen-bond donors (Lipinski definition) is 2. The molecule has 0 aromatic carbocycles. The molecular formula is C2H8NNaO3S. The molecule has 0 radical (unpaired) electrons. The summed E-state index contributed by atoms with van der Waals surface area (Å²) >= 11 is 0. The standard InChI is InChI=1S/C2H7NO3S.Na.H/c1-2(3)7(4,5)6;;/h2H,3H2,1H3,(H,4,5,6);;. The summed E-state index contributed by atoms with van der Waals surface area (Å²) in [4.78, 5) is 0. The molecule has 1 atom stereocenters. The molecule has 0 aliphatic rings. The summed E-state index contributed by atoms with van der Waals surface area (Å²) in [6.07, 6.45) is 0. The third-order valence-electron chi connectivity index (χ3n) is 0.470. The minimum atomic E-state index is -3.96. The Hall–Kier alpha value is 0.870. The van der Waals surface area contributed by atoms with Crippen molar-refractivity contribution >= 4 is 39.7 Å². The van der Waals surface area contributed by atoms with E-state index >= 15 is 0 Å². The Kier molecular flexibility index (Phi) is 5.55. The van der Waals surface area contributed by atoms with Crippen LogP contribution < -0.4 is 5.73 Å². The van der Waals surface area contributed by atoms with Crippen molar-refractivity contribution in [3.63, 3.8) is 0 Å². The van der Waals surface area contributed by atoms with Crippen molar-refractivity contribution < 1.29 is 13.0 Å². The second-order valence-corrected chi connectivity index (χ2v) is 2.99. The minimum absolute atomic E-state index is 0. The van der Waals surface area contributed by atoms with Crippen molar-refractivity contribution in [2.45, 2.75) is 12.3 Å². The third kappa shape index (κ3) is 5.02. The van der Waals surface area contributed by atoms with E-state index in [0.29, 0.717) is 0 Å². The predicted molar refractivity (Wildman–Crippen MR) is 32.3 cm³/mol. The zero-order valence-electron chi connectivity index (χ0n) is 3.83. The van der Waals surface area contributed by atoms with E-state index in [1.165, 1.54) is 6.92 Å². The SMILES string of the molecule is CC(N)S(=O)(=O)O.[NaH]. The van der Waals surface area contributed by atoms with Gasteiger partial charge in [-0.25, -0.2) is 0 Å². The Balaban J connectivity index is 0. The molecule has 0 rings (SSSR count). The molecule has 0 spiro atoms. The van der Waals surface area contributed by atoms with Gasteiger partial charge in [-0.15, -0.1) is 0 Å². The van der Waals surface area contributed by atoms with Crippen molar-refractivity contribution in [3.05, 3.63) is 0 Å². The summed E-state index contributed by atoms with van der Waals surface area (Å²) in [7, 11) is -3.96. The Bertz CT molecular complexity index is 139. The summed E-state index contributed by atoms with van der Waals surface area (Å²) < 4.78 is 27.5. The van der Waals surface area contributed by atoms with Gasteiger partial charge < -0.3 is 5.73 Å². The summed E-state index contributed by atoms with van der Waals surface area (Å²) in [6, 6.07) is 0. The number of hydrogen-bond acceptors (Lipinski definition) is 3. The van der Waals surface area contributed by atoms with E-state index < -0.39 is 15.5 Å². The maximum absolute atomic E-state index is 9.76. The van der Waals surface area contributed by atoms with Gasteiger partial charge in [0.2, 0.25) is 0 Å². The van der Waals surface area contributed by atoms with Gasteiger partial charge in [0.1, 0.15) is 5.37 Å². The fourth-order valence-corrected chi connectivity index (χ4v) is 0. The van der Waals surface area contributed by atoms with Crippen molar-refractivity contribution in [3.8, 4) is 0 Å². The predicted octanol–water partition coefficient (Wildman–Crippen LogP) is -1.47. The second kappa shape index (κ2) is 3.81. The summed E-state index contributed by atoms with van der Waals surface area (Å²) in [5.74, 6) is 0. The van der Waals surface area contributed by atoms with Crippen LogP contribution in [0.3, 0.4) is 0 Å². The molecule has 4 nitrogen and oxygen atoms in total. The van der Waals surface area contributed by atoms with Crippen LogP contribution in [-0.4, -0.2) is 47.9 Å². The van der Waals surface area contributed by atoms with E-state index in [1.807, 2.05) is 0 Å². The van der Waals surface area contributed by atoms with Crippen molar-refractivity contribution in [1.82, 2.24) is 0 Å². The van der Waals surface area contributed by atoms with Crippen molar-refractivity contribution in [1.29, 1.82) is 0 Å². The summed E-state index contributed by atoms with van der Waals surface area (Å²) in [5, 5.41) is -1.17. The first-order chi connectivity index (χ1) is 2.94. The van der Waals surface area contributed by atoms with Crippen LogP contribution in [0.2, 0.25) is 0 Å². The molecule has 0 amide bonds. The van der Waals surface area contributed by atoms with E-state index in [1.54, 1.807) is 0 Å². The van der Waals surface area contributed by atoms with Gasteiger partial charge in [-0.05, 0) is 6.92 Å². The zero-order valence-corrected chi connectivity index (χ0v) is 4.64. The topological polar surface area (TPSA) is 80.4 Å². The molecule has 0 bridgehead atoms. The average Bonchev–Trinajstić information content (AvgIpc) is 1.31. The molecule has 1 unspecified atom stereocenters. The fourth-order valence-electron chi connectivity index (χ4n) is 0. The Labute approximate surface area is 70.5 Å². The van der Waals surface area contributed by atoms with Gasteiger partial charge in [0.25, 0.3) is 10.1 Å². The average molecular weight is 149 g/mol. The molecule has 8 heavy (non-hydrogen) atoms. The first kappa shape index (κ1) is 11.6. The molecule has 0 aliphatic carbocycles. The van der Waals surface area contributed by atoms with Gasteiger partial charge in [-0.3, -0.25) is 4.55 Å². The van der Waals surface area contributed by atoms with E-state index in [4.69, 9.17) is 10.3 Å². The van der Waals surface area contributed by atoms with Crippen LogP contribution in [0.15, 0.2) is 0 Å². The van der Waals surface area contributed by atoms with Gasteiger partial charge in [0.15, 0.2) is 0 Å². The first-order valence-electron chi connectivity index (χ1n) is 1.66. The van der Waals surface area contributed by atoms with Gasteiger partial charge in [0, 0.05) is 0 Å². The number of rotatable bonds is 1. The van der Waals surface area contributed by atoms with E-state index in [2.05, 4.69) is 0 Å². The molecule has 0 saturated heterocycles. The molecular weight excluding hydrogens is 141 g/mol. The molecule has 0 saturated carbocycles. The van der Waals surface area contributed by atoms with Crippen LogP contribution in [0, 0.1) is 0 Å². The molecule has 6 heteroatoms. The van der Waals surface area contributed by atoms with Gasteiger partial charge in [-0.2, -0.15) is 8.42 Å². The third-order valence-corrected chi connectivity index (χ3v) is 1.41. The monoisotopic (exact) mass is 149 g/mol. The maximum atomic E-state index is 9.76. The normalized spacial score (nSPS) is 14.4. The van der Waals surface area contributed by atoms with E-state index in [0.717, 1.165) is 0 Å². The quantitative estimate of drug-likeness (QED) is 0.352. The van der Waals surface area contributed by atoms with Crippen molar-refractivity contribution in [2.75, 3.05) is 0 Å². The van der Waals surface area contributed by atoms with Crippen LogP contribution in [0.5, 0.6) is 0 Å². The molecule has 0 aromatic rings. The molecule has 0 heterocycles. The number of nitrogens with two attached hydrogens (primary N) is 1. The van der Waals surface area contributed by atoms with Crippen LogP contribution in [0.25, 0.3) is 0 Å². The zero-order chi connectivity index (χ0) is 6.08. The molecule has 0 aromatic heterocycles. The summed E-state index contributed by atoms with van der Waals surface area (Å²) in [6.45, 7) is 1.19. The molecule has 0 aliphatic heterocycles. The van der Waals surface area contributed by atoms with Crippen LogP contribution in [-0.2, 0) is 10.1 Å². The van der Waals surface area contributed by atoms with E-state index in [9.17, 15) is 8.42 Å². The molecule has 3 N–H and O–H groups in total. The van der Waals surface area contributed by atoms with Gasteiger partial charge >= 0.3 is 29.6 Å². The Morgan fingerprint density at radius 3 is 1.75 bits per heavy atom. The molecule has 46 valence electrons. The first-order valence-corrected chi connectivity index (χ1v) is 3.17. The van der Waals surface area contributed by atoms with Crippen LogP contribution >= 0.6 is 0 Å². The van der Waals surface area contributed by atoms with Crippen molar-refractivity contribution in [2.24, 2.45) is 5.73 Å². The molecule has 0 fully saturated rings. The summed E-state index contributed by atoms with van der Waals surface area (Å²) in [5.41, 5.74) is 4.73. The van der Waals surface area contributed by atoms with Gasteiger partial charge in [0.05, 0.1) is 0 Å².